The number of nitrogens with zero attached hydrogens (tertiary/aromatic N) is 2. The van der Waals surface area contributed by atoms with E-state index in [1.165, 1.54) is 12.1 Å². The average Bonchev–Trinajstić information content (AvgIpc) is 3.38. The molecule has 132 valence electrons. The molecule has 8 heteroatoms. The minimum atomic E-state index is -0.506. The number of carbonyl (C=O) groups excluding carboxylic acids is 1. The lowest BCUT2D eigenvalue weighted by Gasteiger charge is -2.37. The molecule has 2 aliphatic rings. The van der Waals surface area contributed by atoms with Gasteiger partial charge in [-0.25, -0.2) is 0 Å². The molecule has 1 aliphatic carbocycles. The fraction of sp³-hybridized carbons (Fsp3) is 0.412. The van der Waals surface area contributed by atoms with Crippen molar-refractivity contribution in [3.8, 4) is 0 Å². The van der Waals surface area contributed by atoms with Crippen LogP contribution in [0.1, 0.15) is 38.3 Å². The summed E-state index contributed by atoms with van der Waals surface area (Å²) in [6, 6.07) is 6.03. The molecule has 1 atom stereocenters. The molecule has 0 bridgehead atoms. The highest BCUT2D eigenvalue weighted by molar-refractivity contribution is 7.80. The van der Waals surface area contributed by atoms with Crippen LogP contribution in [0, 0.1) is 10.1 Å². The Morgan fingerprint density at radius 2 is 2.20 bits per heavy atom. The summed E-state index contributed by atoms with van der Waals surface area (Å²) in [5.41, 5.74) is 1.97. The zero-order valence-corrected chi connectivity index (χ0v) is 14.9. The van der Waals surface area contributed by atoms with Gasteiger partial charge in [0.05, 0.1) is 16.5 Å². The number of non-ortho nitro benzene ring substituents is 1. The largest absolute Gasteiger partial charge is 0.351 e. The lowest BCUT2D eigenvalue weighted by molar-refractivity contribution is -0.384. The van der Waals surface area contributed by atoms with Crippen molar-refractivity contribution in [2.24, 2.45) is 0 Å². The van der Waals surface area contributed by atoms with Crippen LogP contribution in [0.2, 0.25) is 0 Å². The van der Waals surface area contributed by atoms with E-state index in [-0.39, 0.29) is 17.6 Å². The lowest BCUT2D eigenvalue weighted by atomic mass is 9.94. The number of thiocarbonyl (C=S) groups is 1. The molecule has 2 N–H and O–H groups in total. The highest BCUT2D eigenvalue weighted by atomic mass is 32.1. The third-order valence-corrected chi connectivity index (χ3v) is 4.82. The van der Waals surface area contributed by atoms with Gasteiger partial charge < -0.3 is 15.5 Å². The fourth-order valence-corrected chi connectivity index (χ4v) is 3.40. The molecule has 25 heavy (non-hydrogen) atoms. The van der Waals surface area contributed by atoms with Crippen LogP contribution in [0.3, 0.4) is 0 Å². The number of nitro groups is 1. The number of carbonyl (C=O) groups is 1. The second-order valence-electron chi connectivity index (χ2n) is 6.23. The van der Waals surface area contributed by atoms with E-state index in [0.29, 0.717) is 22.8 Å². The Balaban J connectivity index is 2.04. The van der Waals surface area contributed by atoms with Gasteiger partial charge in [0.2, 0.25) is 0 Å². The Morgan fingerprint density at radius 3 is 2.80 bits per heavy atom. The normalized spacial score (nSPS) is 20.3. The maximum atomic E-state index is 12.8. The van der Waals surface area contributed by atoms with Gasteiger partial charge in [-0.2, -0.15) is 0 Å². The summed E-state index contributed by atoms with van der Waals surface area (Å²) in [6.45, 7) is 4.46. The third kappa shape index (κ3) is 3.48. The Kier molecular flexibility index (Phi) is 4.71. The van der Waals surface area contributed by atoms with E-state index < -0.39 is 11.0 Å². The van der Waals surface area contributed by atoms with Crippen molar-refractivity contribution in [1.82, 2.24) is 15.5 Å². The van der Waals surface area contributed by atoms with Crippen LogP contribution in [0.4, 0.5) is 5.69 Å². The molecule has 7 nitrogen and oxygen atoms in total. The van der Waals surface area contributed by atoms with Gasteiger partial charge in [-0.1, -0.05) is 12.1 Å². The summed E-state index contributed by atoms with van der Waals surface area (Å²) in [6.07, 6.45) is 1.98. The summed E-state index contributed by atoms with van der Waals surface area (Å²) in [4.78, 5) is 25.3. The molecule has 0 aromatic heterocycles. The van der Waals surface area contributed by atoms with Crippen LogP contribution in [-0.4, -0.2) is 33.4 Å². The first kappa shape index (κ1) is 17.3. The molecule has 1 aliphatic heterocycles. The number of rotatable bonds is 5. The van der Waals surface area contributed by atoms with Gasteiger partial charge in [0.15, 0.2) is 5.11 Å². The van der Waals surface area contributed by atoms with E-state index in [1.54, 1.807) is 12.1 Å². The van der Waals surface area contributed by atoms with Gasteiger partial charge in [-0.05, 0) is 44.5 Å². The summed E-state index contributed by atoms with van der Waals surface area (Å²) in [7, 11) is 0. The Bertz CT molecular complexity index is 773. The van der Waals surface area contributed by atoms with Crippen molar-refractivity contribution in [3.05, 3.63) is 51.2 Å². The number of nitrogens with one attached hydrogen (secondary N) is 2. The number of hydrogen-bond acceptors (Lipinski definition) is 4. The minimum absolute atomic E-state index is 0.0113. The number of hydrogen-bond donors (Lipinski definition) is 2. The summed E-state index contributed by atoms with van der Waals surface area (Å²) < 4.78 is 0. The maximum absolute atomic E-state index is 12.8. The average molecular weight is 360 g/mol. The maximum Gasteiger partial charge on any atom is 0.269 e. The van der Waals surface area contributed by atoms with E-state index in [1.807, 2.05) is 18.7 Å². The number of nitro benzene ring substituents is 1. The van der Waals surface area contributed by atoms with Crippen molar-refractivity contribution < 1.29 is 9.72 Å². The highest BCUT2D eigenvalue weighted by Gasteiger charge is 2.35. The quantitative estimate of drug-likeness (QED) is 0.476. The smallest absolute Gasteiger partial charge is 0.269 e. The predicted molar refractivity (Wildman–Crippen MR) is 97.8 cm³/mol. The molecule has 0 spiro atoms. The van der Waals surface area contributed by atoms with E-state index in [2.05, 4.69) is 10.6 Å². The molecular weight excluding hydrogens is 340 g/mol. The molecule has 1 amide bonds. The van der Waals surface area contributed by atoms with Crippen LogP contribution in [0.25, 0.3) is 0 Å². The first-order chi connectivity index (χ1) is 11.9. The van der Waals surface area contributed by atoms with Crippen LogP contribution in [0.15, 0.2) is 35.5 Å². The molecule has 1 saturated carbocycles. The van der Waals surface area contributed by atoms with Gasteiger partial charge in [-0.15, -0.1) is 0 Å². The molecule has 3 rings (SSSR count). The molecule has 1 unspecified atom stereocenters. The van der Waals surface area contributed by atoms with Crippen LogP contribution in [-0.2, 0) is 4.79 Å². The molecular formula is C17H20N4O3S. The molecule has 0 saturated heterocycles. The van der Waals surface area contributed by atoms with Gasteiger partial charge in [0.25, 0.3) is 11.6 Å². The molecule has 1 aromatic rings. The van der Waals surface area contributed by atoms with E-state index in [9.17, 15) is 14.9 Å². The topological polar surface area (TPSA) is 87.5 Å². The lowest BCUT2D eigenvalue weighted by Crippen LogP contribution is -2.49. The third-order valence-electron chi connectivity index (χ3n) is 4.48. The highest BCUT2D eigenvalue weighted by Crippen LogP contribution is 2.33. The van der Waals surface area contributed by atoms with Crippen molar-refractivity contribution in [3.63, 3.8) is 0 Å². The van der Waals surface area contributed by atoms with Crippen LogP contribution < -0.4 is 10.6 Å². The zero-order valence-electron chi connectivity index (χ0n) is 14.1. The van der Waals surface area contributed by atoms with Crippen molar-refractivity contribution in [2.75, 3.05) is 6.54 Å². The van der Waals surface area contributed by atoms with Crippen LogP contribution >= 0.6 is 12.2 Å². The van der Waals surface area contributed by atoms with Crippen molar-refractivity contribution in [1.29, 1.82) is 0 Å². The van der Waals surface area contributed by atoms with Gasteiger partial charge in [-0.3, -0.25) is 14.9 Å². The van der Waals surface area contributed by atoms with Gasteiger partial charge in [0, 0.05) is 30.4 Å². The second kappa shape index (κ2) is 6.79. The molecule has 1 heterocycles. The molecule has 1 aromatic carbocycles. The standard InChI is InChI=1S/C17H20N4O3S/c1-3-20-10(2)14(16(22)18-12-7-8-12)15(19-17(20)25)11-5-4-6-13(9-11)21(23)24/h4-6,9,12,15H,3,7-8H2,1-2H3,(H,18,22)(H,19,25). The number of amides is 1. The van der Waals surface area contributed by atoms with Gasteiger partial charge in [0.1, 0.15) is 0 Å². The summed E-state index contributed by atoms with van der Waals surface area (Å²) in [5.74, 6) is -0.148. The minimum Gasteiger partial charge on any atom is -0.351 e. The van der Waals surface area contributed by atoms with Crippen LogP contribution in [0.5, 0.6) is 0 Å². The fourth-order valence-electron chi connectivity index (χ4n) is 3.02. The molecule has 0 radical (unpaired) electrons. The van der Waals surface area contributed by atoms with Crippen molar-refractivity contribution >= 4 is 28.9 Å². The van der Waals surface area contributed by atoms with E-state index in [4.69, 9.17) is 12.2 Å². The second-order valence-corrected chi connectivity index (χ2v) is 6.61. The summed E-state index contributed by atoms with van der Waals surface area (Å²) >= 11 is 5.42. The van der Waals surface area contributed by atoms with E-state index >= 15 is 0 Å². The predicted octanol–water partition coefficient (Wildman–Crippen LogP) is 2.40. The first-order valence-corrected chi connectivity index (χ1v) is 8.67. The van der Waals surface area contributed by atoms with E-state index in [0.717, 1.165) is 18.5 Å². The Hall–Kier alpha value is -2.48. The first-order valence-electron chi connectivity index (χ1n) is 8.26. The van der Waals surface area contributed by atoms with Crippen molar-refractivity contribution in [2.45, 2.75) is 38.8 Å². The van der Waals surface area contributed by atoms with Gasteiger partial charge >= 0.3 is 0 Å². The number of allylic oxidation sites excluding steroid dienone is 1. The monoisotopic (exact) mass is 360 g/mol. The molecule has 1 fully saturated rings. The Labute approximate surface area is 151 Å². The Morgan fingerprint density at radius 1 is 1.48 bits per heavy atom. The zero-order chi connectivity index (χ0) is 18.1. The number of benzene rings is 1. The summed E-state index contributed by atoms with van der Waals surface area (Å²) in [5, 5.41) is 17.8. The SMILES string of the molecule is CCN1C(=S)NC(c2cccc([N+](=O)[O-])c2)C(C(=O)NC2CC2)=C1C.